The maximum Gasteiger partial charge on any atom is 0.294 e. The molecule has 2 aliphatic rings. The van der Waals surface area contributed by atoms with E-state index in [4.69, 9.17) is 11.1 Å². The number of amidine groups is 1. The molecule has 3 heterocycles. The first kappa shape index (κ1) is 10.7. The Morgan fingerprint density at radius 1 is 1.33 bits per heavy atom. The summed E-state index contributed by atoms with van der Waals surface area (Å²) in [5, 5.41) is 7.29. The topological polar surface area (TPSA) is 102 Å². The monoisotopic (exact) mass is 244 g/mol. The molecule has 7 nitrogen and oxygen atoms in total. The lowest BCUT2D eigenvalue weighted by Gasteiger charge is -2.00. The van der Waals surface area contributed by atoms with Gasteiger partial charge in [0.2, 0.25) is 0 Å². The highest BCUT2D eigenvalue weighted by atomic mass is 16.1. The van der Waals surface area contributed by atoms with E-state index in [9.17, 15) is 4.79 Å². The van der Waals surface area contributed by atoms with Gasteiger partial charge in [0.15, 0.2) is 11.5 Å². The van der Waals surface area contributed by atoms with Crippen molar-refractivity contribution in [1.29, 1.82) is 5.41 Å². The van der Waals surface area contributed by atoms with E-state index in [1.54, 1.807) is 15.4 Å². The summed E-state index contributed by atoms with van der Waals surface area (Å²) in [6.45, 7) is 1.43. The molecule has 3 N–H and O–H groups in total. The summed E-state index contributed by atoms with van der Waals surface area (Å²) in [4.78, 5) is 20.1. The number of rotatable bonds is 1. The van der Waals surface area contributed by atoms with Crippen LogP contribution < -0.4 is 11.3 Å². The zero-order chi connectivity index (χ0) is 12.7. The fourth-order valence-corrected chi connectivity index (χ4v) is 2.11. The molecule has 2 aliphatic heterocycles. The summed E-state index contributed by atoms with van der Waals surface area (Å²) in [5.41, 5.74) is 6.54. The highest BCUT2D eigenvalue weighted by Crippen LogP contribution is 2.22. The van der Waals surface area contributed by atoms with E-state index in [1.165, 1.54) is 12.3 Å². The molecular weight excluding hydrogens is 232 g/mol. The zero-order valence-electron chi connectivity index (χ0n) is 9.63. The van der Waals surface area contributed by atoms with Crippen LogP contribution in [0.4, 0.5) is 11.5 Å². The van der Waals surface area contributed by atoms with Crippen LogP contribution >= 0.6 is 0 Å². The molecule has 3 rings (SSSR count). The van der Waals surface area contributed by atoms with Crippen molar-refractivity contribution in [2.75, 3.05) is 5.73 Å². The van der Waals surface area contributed by atoms with E-state index in [2.05, 4.69) is 9.98 Å². The van der Waals surface area contributed by atoms with E-state index in [0.29, 0.717) is 18.1 Å². The average molecular weight is 244 g/mol. The maximum atomic E-state index is 12.1. The predicted molar refractivity (Wildman–Crippen MR) is 70.2 cm³/mol. The first-order chi connectivity index (χ1) is 8.66. The van der Waals surface area contributed by atoms with Crippen LogP contribution in [0.3, 0.4) is 0 Å². The van der Waals surface area contributed by atoms with Gasteiger partial charge in [-0.2, -0.15) is 0 Å². The molecule has 0 radical (unpaired) electrons. The van der Waals surface area contributed by atoms with Crippen molar-refractivity contribution in [3.63, 3.8) is 0 Å². The van der Waals surface area contributed by atoms with Gasteiger partial charge in [0, 0.05) is 13.1 Å². The second-order valence-electron chi connectivity index (χ2n) is 4.15. The molecule has 0 aliphatic carbocycles. The van der Waals surface area contributed by atoms with Gasteiger partial charge in [0.05, 0.1) is 11.9 Å². The molecular formula is C11H12N6O. The second-order valence-corrected chi connectivity index (χ2v) is 4.15. The number of anilines is 1. The van der Waals surface area contributed by atoms with Crippen molar-refractivity contribution in [1.82, 2.24) is 9.36 Å². The van der Waals surface area contributed by atoms with Crippen molar-refractivity contribution in [2.45, 2.75) is 19.5 Å². The number of hydrogen-bond acceptors (Lipinski definition) is 4. The first-order valence-electron chi connectivity index (χ1n) is 5.65. The number of dihydropyridines is 1. The Balaban J connectivity index is 2.07. The van der Waals surface area contributed by atoms with Crippen LogP contribution in [-0.2, 0) is 13.1 Å². The lowest BCUT2D eigenvalue weighted by molar-refractivity contribution is 0.601. The largest absolute Gasteiger partial charge is 0.382 e. The molecule has 1 aromatic rings. The van der Waals surface area contributed by atoms with Gasteiger partial charge < -0.3 is 5.73 Å². The number of aliphatic imine (C=N–C) groups is 2. The molecule has 0 bridgehead atoms. The van der Waals surface area contributed by atoms with Gasteiger partial charge >= 0.3 is 0 Å². The van der Waals surface area contributed by atoms with Crippen molar-refractivity contribution < 1.29 is 0 Å². The van der Waals surface area contributed by atoms with Crippen LogP contribution in [0.15, 0.2) is 26.9 Å². The maximum absolute atomic E-state index is 12.1. The molecule has 0 spiro atoms. The SMILES string of the molecule is N=C1C=C/C(=N\c2c(N)n3n(c2=O)CCC3)C=N1. The Morgan fingerprint density at radius 3 is 2.78 bits per heavy atom. The van der Waals surface area contributed by atoms with E-state index in [-0.39, 0.29) is 17.1 Å². The van der Waals surface area contributed by atoms with Crippen LogP contribution in [0.5, 0.6) is 0 Å². The highest BCUT2D eigenvalue weighted by Gasteiger charge is 2.21. The smallest absolute Gasteiger partial charge is 0.294 e. The Kier molecular flexibility index (Phi) is 2.26. The van der Waals surface area contributed by atoms with Crippen LogP contribution in [0.2, 0.25) is 0 Å². The van der Waals surface area contributed by atoms with Gasteiger partial charge in [0.1, 0.15) is 5.84 Å². The number of nitrogen functional groups attached to an aromatic ring is 1. The minimum atomic E-state index is -0.167. The van der Waals surface area contributed by atoms with Crippen LogP contribution in [0, 0.1) is 5.41 Å². The summed E-state index contributed by atoms with van der Waals surface area (Å²) < 4.78 is 3.37. The van der Waals surface area contributed by atoms with Crippen molar-refractivity contribution >= 4 is 29.3 Å². The molecule has 0 saturated carbocycles. The summed E-state index contributed by atoms with van der Waals surface area (Å²) in [7, 11) is 0. The van der Waals surface area contributed by atoms with Crippen LogP contribution in [0.1, 0.15) is 6.42 Å². The summed E-state index contributed by atoms with van der Waals surface area (Å²) in [6, 6.07) is 0. The van der Waals surface area contributed by atoms with Gasteiger partial charge in [-0.1, -0.05) is 0 Å². The molecule has 0 fully saturated rings. The zero-order valence-corrected chi connectivity index (χ0v) is 9.63. The Bertz CT molecular complexity index is 654. The fourth-order valence-electron chi connectivity index (χ4n) is 2.11. The molecule has 7 heteroatoms. The molecule has 92 valence electrons. The molecule has 18 heavy (non-hydrogen) atoms. The predicted octanol–water partition coefficient (Wildman–Crippen LogP) is 0.326. The van der Waals surface area contributed by atoms with E-state index in [1.807, 2.05) is 0 Å². The molecule has 0 amide bonds. The number of fused-ring (bicyclic) bond motifs is 1. The molecule has 0 aromatic carbocycles. The normalized spacial score (nSPS) is 19.8. The van der Waals surface area contributed by atoms with Crippen LogP contribution in [0.25, 0.3) is 0 Å². The standard InChI is InChI=1S/C11H12N6O/c12-8-3-2-7(6-14-8)15-9-10(13)16-4-1-5-17(16)11(9)18/h2-3,6,12H,1,4-5,13H2/b12-8?,15-7+. The number of hydrogen-bond donors (Lipinski definition) is 2. The third-order valence-electron chi connectivity index (χ3n) is 2.98. The van der Waals surface area contributed by atoms with Crippen molar-refractivity contribution in [3.05, 3.63) is 22.5 Å². The average Bonchev–Trinajstić information content (AvgIpc) is 2.92. The summed E-state index contributed by atoms with van der Waals surface area (Å²) in [6.07, 6.45) is 5.54. The lowest BCUT2D eigenvalue weighted by atomic mass is 10.3. The molecule has 0 unspecified atom stereocenters. The lowest BCUT2D eigenvalue weighted by Crippen LogP contribution is -2.16. The number of allylic oxidation sites excluding steroid dienone is 1. The van der Waals surface area contributed by atoms with Gasteiger partial charge in [0.25, 0.3) is 5.56 Å². The summed E-state index contributed by atoms with van der Waals surface area (Å²) in [5.74, 6) is 0.561. The van der Waals surface area contributed by atoms with Crippen molar-refractivity contribution in [3.8, 4) is 0 Å². The van der Waals surface area contributed by atoms with E-state index >= 15 is 0 Å². The molecule has 0 saturated heterocycles. The van der Waals surface area contributed by atoms with E-state index < -0.39 is 0 Å². The minimum Gasteiger partial charge on any atom is -0.382 e. The summed E-state index contributed by atoms with van der Waals surface area (Å²) >= 11 is 0. The van der Waals surface area contributed by atoms with E-state index in [0.717, 1.165) is 13.0 Å². The highest BCUT2D eigenvalue weighted by molar-refractivity contribution is 6.40. The number of nitrogens with one attached hydrogen (secondary N) is 1. The molecule has 0 atom stereocenters. The molecule has 1 aromatic heterocycles. The number of nitrogens with zero attached hydrogens (tertiary/aromatic N) is 4. The number of nitrogens with two attached hydrogens (primary N) is 1. The van der Waals surface area contributed by atoms with Crippen LogP contribution in [-0.4, -0.2) is 27.1 Å². The Labute approximate surface area is 102 Å². The van der Waals surface area contributed by atoms with Gasteiger partial charge in [-0.3, -0.25) is 14.9 Å². The van der Waals surface area contributed by atoms with Gasteiger partial charge in [-0.15, -0.1) is 0 Å². The third kappa shape index (κ3) is 1.52. The van der Waals surface area contributed by atoms with Crippen molar-refractivity contribution in [2.24, 2.45) is 9.98 Å². The van der Waals surface area contributed by atoms with Gasteiger partial charge in [-0.25, -0.2) is 14.7 Å². The number of aromatic nitrogens is 2. The third-order valence-corrected chi connectivity index (χ3v) is 2.98. The van der Waals surface area contributed by atoms with Gasteiger partial charge in [-0.05, 0) is 18.6 Å². The first-order valence-corrected chi connectivity index (χ1v) is 5.65. The second kappa shape index (κ2) is 3.80. The Morgan fingerprint density at radius 2 is 2.11 bits per heavy atom. The Hall–Kier alpha value is -2.44. The fraction of sp³-hybridized carbons (Fsp3) is 0.273. The quantitative estimate of drug-likeness (QED) is 0.743. The minimum absolute atomic E-state index is 0.165.